The largest absolute Gasteiger partial charge is 0.364 e. The summed E-state index contributed by atoms with van der Waals surface area (Å²) >= 11 is 0. The molecule has 15 heavy (non-hydrogen) atoms. The highest BCUT2D eigenvalue weighted by molar-refractivity contribution is 5.90. The molecule has 0 aliphatic heterocycles. The average Bonchev–Trinajstić information content (AvgIpc) is 2.68. The number of hydrogen-bond donors (Lipinski definition) is 1. The Morgan fingerprint density at radius 1 is 1.53 bits per heavy atom. The second-order valence-electron chi connectivity index (χ2n) is 3.36. The highest BCUT2D eigenvalue weighted by Crippen LogP contribution is 1.95. The zero-order valence-corrected chi connectivity index (χ0v) is 9.31. The fraction of sp³-hybridized carbons (Fsp3) is 0.600. The normalized spacial score (nSPS) is 10.9. The Morgan fingerprint density at radius 3 is 2.67 bits per heavy atom. The van der Waals surface area contributed by atoms with Crippen LogP contribution < -0.4 is 5.73 Å². The number of amides is 1. The Labute approximate surface area is 89.9 Å². The van der Waals surface area contributed by atoms with Gasteiger partial charge in [0.05, 0.1) is 6.54 Å². The third-order valence-electron chi connectivity index (χ3n) is 2.43. The van der Waals surface area contributed by atoms with Crippen molar-refractivity contribution in [2.24, 2.45) is 5.73 Å². The number of nitrogens with zero attached hydrogens (tertiary/aromatic N) is 3. The van der Waals surface area contributed by atoms with Crippen LogP contribution in [0.1, 0.15) is 24.3 Å². The van der Waals surface area contributed by atoms with Gasteiger partial charge in [0.2, 0.25) is 0 Å². The van der Waals surface area contributed by atoms with Crippen LogP contribution in [-0.2, 0) is 6.54 Å². The first-order valence-corrected chi connectivity index (χ1v) is 5.23. The maximum absolute atomic E-state index is 10.8. The molecule has 0 aliphatic carbocycles. The molecule has 0 atom stereocenters. The lowest BCUT2D eigenvalue weighted by Crippen LogP contribution is -2.27. The van der Waals surface area contributed by atoms with Crippen LogP contribution in [0.15, 0.2) is 12.3 Å². The topological polar surface area (TPSA) is 64.2 Å². The molecule has 84 valence electrons. The summed E-state index contributed by atoms with van der Waals surface area (Å²) in [5, 5.41) is 4.07. The molecule has 0 saturated heterocycles. The molecule has 1 aromatic rings. The van der Waals surface area contributed by atoms with E-state index in [1.165, 1.54) is 0 Å². The minimum absolute atomic E-state index is 0.328. The molecule has 0 bridgehead atoms. The Kier molecular flexibility index (Phi) is 4.30. The van der Waals surface area contributed by atoms with Gasteiger partial charge in [0.1, 0.15) is 5.69 Å². The molecular weight excluding hydrogens is 192 g/mol. The van der Waals surface area contributed by atoms with Gasteiger partial charge in [0, 0.05) is 12.7 Å². The van der Waals surface area contributed by atoms with Crippen molar-refractivity contribution < 1.29 is 4.79 Å². The van der Waals surface area contributed by atoms with Gasteiger partial charge in [-0.2, -0.15) is 5.10 Å². The predicted molar refractivity (Wildman–Crippen MR) is 58.5 cm³/mol. The van der Waals surface area contributed by atoms with Crippen LogP contribution in [0.5, 0.6) is 0 Å². The minimum atomic E-state index is -0.475. The summed E-state index contributed by atoms with van der Waals surface area (Å²) < 4.78 is 1.75. The average molecular weight is 210 g/mol. The molecule has 0 radical (unpaired) electrons. The maximum atomic E-state index is 10.8. The van der Waals surface area contributed by atoms with Gasteiger partial charge in [-0.25, -0.2) is 0 Å². The Balaban J connectivity index is 2.47. The van der Waals surface area contributed by atoms with Crippen LogP contribution in [0.2, 0.25) is 0 Å². The van der Waals surface area contributed by atoms with Crippen LogP contribution in [0.4, 0.5) is 0 Å². The lowest BCUT2D eigenvalue weighted by atomic mass is 10.4. The van der Waals surface area contributed by atoms with Crippen molar-refractivity contribution >= 4 is 5.91 Å². The van der Waals surface area contributed by atoms with Crippen molar-refractivity contribution in [1.29, 1.82) is 0 Å². The molecule has 0 aliphatic rings. The highest BCUT2D eigenvalue weighted by Gasteiger charge is 2.05. The summed E-state index contributed by atoms with van der Waals surface area (Å²) in [6.45, 7) is 8.03. The number of rotatable bonds is 6. The molecule has 1 amide bonds. The molecule has 1 rings (SSSR count). The third-order valence-corrected chi connectivity index (χ3v) is 2.43. The van der Waals surface area contributed by atoms with E-state index in [1.54, 1.807) is 16.9 Å². The summed E-state index contributed by atoms with van der Waals surface area (Å²) in [6.07, 6.45) is 1.78. The summed E-state index contributed by atoms with van der Waals surface area (Å²) in [4.78, 5) is 13.1. The van der Waals surface area contributed by atoms with E-state index in [1.807, 2.05) is 0 Å². The van der Waals surface area contributed by atoms with Crippen molar-refractivity contribution in [3.63, 3.8) is 0 Å². The van der Waals surface area contributed by atoms with Gasteiger partial charge in [0.25, 0.3) is 5.91 Å². The van der Waals surface area contributed by atoms with Gasteiger partial charge in [-0.3, -0.25) is 9.48 Å². The predicted octanol–water partition coefficient (Wildman–Crippen LogP) is 0.324. The molecule has 0 unspecified atom stereocenters. The molecule has 5 nitrogen and oxygen atoms in total. The molecule has 1 heterocycles. The van der Waals surface area contributed by atoms with Crippen molar-refractivity contribution in [3.8, 4) is 0 Å². The van der Waals surface area contributed by atoms with Crippen molar-refractivity contribution in [3.05, 3.63) is 18.0 Å². The second-order valence-corrected chi connectivity index (χ2v) is 3.36. The second kappa shape index (κ2) is 5.50. The van der Waals surface area contributed by atoms with E-state index < -0.39 is 5.91 Å². The molecule has 0 saturated carbocycles. The van der Waals surface area contributed by atoms with Gasteiger partial charge in [-0.15, -0.1) is 0 Å². The van der Waals surface area contributed by atoms with Crippen LogP contribution >= 0.6 is 0 Å². The Morgan fingerprint density at radius 2 is 2.20 bits per heavy atom. The standard InChI is InChI=1S/C10H18N4O/c1-3-13(4-2)7-8-14-6-5-9(12-14)10(11)15/h5-6H,3-4,7-8H2,1-2H3,(H2,11,15). The van der Waals surface area contributed by atoms with Crippen LogP contribution in [0.25, 0.3) is 0 Å². The molecule has 1 aromatic heterocycles. The van der Waals surface area contributed by atoms with Crippen molar-refractivity contribution in [2.75, 3.05) is 19.6 Å². The van der Waals surface area contributed by atoms with E-state index in [2.05, 4.69) is 23.8 Å². The first kappa shape index (κ1) is 11.7. The van der Waals surface area contributed by atoms with Crippen molar-refractivity contribution in [2.45, 2.75) is 20.4 Å². The van der Waals surface area contributed by atoms with Crippen molar-refractivity contribution in [1.82, 2.24) is 14.7 Å². The van der Waals surface area contributed by atoms with E-state index in [-0.39, 0.29) is 0 Å². The first-order chi connectivity index (χ1) is 7.17. The van der Waals surface area contributed by atoms with Gasteiger partial charge < -0.3 is 10.6 Å². The Hall–Kier alpha value is -1.36. The minimum Gasteiger partial charge on any atom is -0.364 e. The maximum Gasteiger partial charge on any atom is 0.269 e. The lowest BCUT2D eigenvalue weighted by molar-refractivity contribution is 0.0994. The molecule has 5 heteroatoms. The summed E-state index contributed by atoms with van der Waals surface area (Å²) in [7, 11) is 0. The Bertz CT molecular complexity index is 317. The number of aromatic nitrogens is 2. The monoisotopic (exact) mass is 210 g/mol. The molecule has 0 spiro atoms. The number of primary amides is 1. The van der Waals surface area contributed by atoms with E-state index in [0.29, 0.717) is 5.69 Å². The highest BCUT2D eigenvalue weighted by atomic mass is 16.1. The first-order valence-electron chi connectivity index (χ1n) is 5.23. The fourth-order valence-electron chi connectivity index (χ4n) is 1.40. The van der Waals surface area contributed by atoms with E-state index in [4.69, 9.17) is 5.73 Å². The summed E-state index contributed by atoms with van der Waals surface area (Å²) in [5.74, 6) is -0.475. The number of likely N-dealkylation sites (N-methyl/N-ethyl adjacent to an activating group) is 1. The fourth-order valence-corrected chi connectivity index (χ4v) is 1.40. The van der Waals surface area contributed by atoms with E-state index >= 15 is 0 Å². The number of nitrogens with two attached hydrogens (primary N) is 1. The quantitative estimate of drug-likeness (QED) is 0.735. The van der Waals surface area contributed by atoms with Crippen LogP contribution in [0.3, 0.4) is 0 Å². The lowest BCUT2D eigenvalue weighted by Gasteiger charge is -2.17. The summed E-state index contributed by atoms with van der Waals surface area (Å²) in [6, 6.07) is 1.64. The van der Waals surface area contributed by atoms with Gasteiger partial charge in [-0.1, -0.05) is 13.8 Å². The molecule has 2 N–H and O–H groups in total. The van der Waals surface area contributed by atoms with E-state index in [0.717, 1.165) is 26.2 Å². The van der Waals surface area contributed by atoms with Gasteiger partial charge >= 0.3 is 0 Å². The van der Waals surface area contributed by atoms with Gasteiger partial charge in [0.15, 0.2) is 0 Å². The molecule has 0 fully saturated rings. The van der Waals surface area contributed by atoms with Crippen LogP contribution in [0, 0.1) is 0 Å². The number of carbonyl (C=O) groups excluding carboxylic acids is 1. The zero-order valence-electron chi connectivity index (χ0n) is 9.31. The van der Waals surface area contributed by atoms with Crippen LogP contribution in [-0.4, -0.2) is 40.2 Å². The summed E-state index contributed by atoms with van der Waals surface area (Å²) in [5.41, 5.74) is 5.44. The molecular formula is C10H18N4O. The number of carbonyl (C=O) groups is 1. The van der Waals surface area contributed by atoms with E-state index in [9.17, 15) is 4.79 Å². The number of hydrogen-bond acceptors (Lipinski definition) is 3. The zero-order chi connectivity index (χ0) is 11.3. The smallest absolute Gasteiger partial charge is 0.269 e. The third kappa shape index (κ3) is 3.36. The van der Waals surface area contributed by atoms with Gasteiger partial charge in [-0.05, 0) is 19.2 Å². The molecule has 0 aromatic carbocycles. The SMILES string of the molecule is CCN(CC)CCn1ccc(C(N)=O)n1.